The van der Waals surface area contributed by atoms with Gasteiger partial charge in [0.2, 0.25) is 17.7 Å². The first-order chi connectivity index (χ1) is 37.0. The average molecular weight is 1100 g/mol. The van der Waals surface area contributed by atoms with Crippen LogP contribution in [0.4, 0.5) is 0 Å². The first-order valence-electron chi connectivity index (χ1n) is 25.5. The Morgan fingerprint density at radius 2 is 1.61 bits per heavy atom. The number of amides is 3. The number of carbonyl (C=O) groups excluding carboxylic acids is 3. The fraction of sp³-hybridized carbons (Fsp3) is 0.481. The summed E-state index contributed by atoms with van der Waals surface area (Å²) in [7, 11) is 1.90. The van der Waals surface area contributed by atoms with Crippen molar-refractivity contribution in [2.24, 2.45) is 5.41 Å². The smallest absolute Gasteiger partial charge is 0.323 e. The summed E-state index contributed by atoms with van der Waals surface area (Å²) in [5, 5.41) is 30.2. The first kappa shape index (κ1) is 58.4. The molecule has 7 rings (SSSR count). The molecule has 77 heavy (non-hydrogen) atoms. The lowest BCUT2D eigenvalue weighted by Gasteiger charge is -2.35. The second kappa shape index (κ2) is 28.4. The molecule has 3 aromatic carbocycles. The number of aliphatic carboxylic acids is 1. The van der Waals surface area contributed by atoms with Crippen LogP contribution in [-0.2, 0) is 51.2 Å². The van der Waals surface area contributed by atoms with E-state index in [1.54, 1.807) is 15.9 Å². The van der Waals surface area contributed by atoms with Crippen molar-refractivity contribution >= 4 is 57.8 Å². The van der Waals surface area contributed by atoms with Crippen molar-refractivity contribution in [1.82, 2.24) is 45.6 Å². The van der Waals surface area contributed by atoms with Crippen LogP contribution in [0.3, 0.4) is 0 Å². The molecule has 1 saturated heterocycles. The number of carboxylic acid groups (broad SMARTS) is 1. The Morgan fingerprint density at radius 3 is 2.31 bits per heavy atom. The number of hydrazine groups is 2. The van der Waals surface area contributed by atoms with Crippen molar-refractivity contribution < 1.29 is 57.8 Å². The maximum absolute atomic E-state index is 14.0. The number of β-amino-alcohol motifs (C(OH)–C–C–N with tert-alkyl or cyclic N) is 1. The van der Waals surface area contributed by atoms with Crippen molar-refractivity contribution in [1.29, 1.82) is 0 Å². The largest absolute Gasteiger partial charge is 0.489 e. The number of para-hydroxylation sites is 3. The lowest BCUT2D eigenvalue weighted by atomic mass is 9.85. The van der Waals surface area contributed by atoms with E-state index >= 15 is 0 Å². The van der Waals surface area contributed by atoms with Crippen LogP contribution in [-0.4, -0.2) is 174 Å². The summed E-state index contributed by atoms with van der Waals surface area (Å²) in [5.41, 5.74) is 10.6. The van der Waals surface area contributed by atoms with E-state index in [9.17, 15) is 29.4 Å². The molecule has 3 atom stereocenters. The van der Waals surface area contributed by atoms with E-state index in [4.69, 9.17) is 28.4 Å². The molecule has 2 aliphatic rings. The Labute approximate surface area is 457 Å². The van der Waals surface area contributed by atoms with E-state index in [1.165, 1.54) is 16.7 Å². The van der Waals surface area contributed by atoms with Gasteiger partial charge in [-0.25, -0.2) is 9.97 Å². The van der Waals surface area contributed by atoms with Gasteiger partial charge in [-0.2, -0.15) is 0 Å². The number of ether oxygens (including phenoxy) is 6. The Kier molecular flexibility index (Phi) is 21.5. The molecule has 0 unspecified atom stereocenters. The van der Waals surface area contributed by atoms with E-state index < -0.39 is 41.4 Å². The third kappa shape index (κ3) is 16.8. The van der Waals surface area contributed by atoms with Crippen LogP contribution < -0.4 is 25.6 Å². The fourth-order valence-corrected chi connectivity index (χ4v) is 10.2. The molecule has 0 radical (unpaired) electrons. The molecule has 2 aromatic heterocycles. The number of nitrogens with zero attached hydrogens (tertiary/aromatic N) is 6. The van der Waals surface area contributed by atoms with Gasteiger partial charge in [0.1, 0.15) is 31.8 Å². The number of aliphatic hydroxyl groups is 1. The number of likely N-dealkylation sites (N-methyl/N-ethyl adjacent to an activating group) is 1. The van der Waals surface area contributed by atoms with Gasteiger partial charge in [-0.1, -0.05) is 81.1 Å². The third-order valence-corrected chi connectivity index (χ3v) is 14.5. The van der Waals surface area contributed by atoms with Gasteiger partial charge >= 0.3 is 5.97 Å². The molecule has 0 saturated carbocycles. The Balaban J connectivity index is 0.721. The number of thioether (sulfide) groups is 1. The minimum absolute atomic E-state index is 0.0226. The van der Waals surface area contributed by atoms with Gasteiger partial charge in [-0.15, -0.1) is 16.9 Å². The quantitative estimate of drug-likeness (QED) is 0.0307. The van der Waals surface area contributed by atoms with Crippen molar-refractivity contribution in [2.75, 3.05) is 92.0 Å². The predicted molar refractivity (Wildman–Crippen MR) is 291 cm³/mol. The number of rotatable bonds is 30. The second-order valence-corrected chi connectivity index (χ2v) is 21.5. The molecular formula is C54H71N9O12S2. The zero-order valence-corrected chi connectivity index (χ0v) is 46.2. The average Bonchev–Trinajstić information content (AvgIpc) is 4.20. The Morgan fingerprint density at radius 1 is 0.896 bits per heavy atom. The number of aliphatic hydroxyl groups excluding tert-OH is 1. The number of aryl methyl sites for hydroxylation is 2. The number of carboxylic acids is 1. The summed E-state index contributed by atoms with van der Waals surface area (Å²) in [4.78, 5) is 63.4. The number of hydrogen-bond donors (Lipinski definition) is 5. The molecule has 0 aliphatic carbocycles. The summed E-state index contributed by atoms with van der Waals surface area (Å²) in [6, 6.07) is 19.2. The summed E-state index contributed by atoms with van der Waals surface area (Å²) in [5.74, 6) is -0.441. The minimum Gasteiger partial charge on any atom is -0.489 e. The molecule has 2 aliphatic heterocycles. The van der Waals surface area contributed by atoms with Gasteiger partial charge in [0.05, 0.1) is 98.3 Å². The second-order valence-electron chi connectivity index (χ2n) is 19.6. The molecule has 0 spiro atoms. The molecule has 21 nitrogen and oxygen atoms in total. The Bertz CT molecular complexity index is 2780. The predicted octanol–water partition coefficient (Wildman–Crippen LogP) is 4.80. The number of fused-ring (bicyclic) bond motifs is 1. The summed E-state index contributed by atoms with van der Waals surface area (Å²) in [6.07, 6.45) is 1.17. The number of thiazole rings is 1. The highest BCUT2D eigenvalue weighted by molar-refractivity contribution is 7.99. The van der Waals surface area contributed by atoms with Gasteiger partial charge in [0, 0.05) is 38.5 Å². The molecule has 3 amide bonds. The molecular weight excluding hydrogens is 1030 g/mol. The number of aromatic nitrogens is 3. The summed E-state index contributed by atoms with van der Waals surface area (Å²) < 4.78 is 36.7. The van der Waals surface area contributed by atoms with Crippen LogP contribution in [0, 0.1) is 19.3 Å². The monoisotopic (exact) mass is 1100 g/mol. The van der Waals surface area contributed by atoms with Crippen molar-refractivity contribution in [2.45, 2.75) is 77.5 Å². The van der Waals surface area contributed by atoms with E-state index in [0.717, 1.165) is 44.0 Å². The third-order valence-electron chi connectivity index (χ3n) is 12.6. The molecule has 1 fully saturated rings. The van der Waals surface area contributed by atoms with Crippen LogP contribution in [0.1, 0.15) is 44.0 Å². The van der Waals surface area contributed by atoms with Gasteiger partial charge in [0.25, 0.3) is 0 Å². The van der Waals surface area contributed by atoms with E-state index in [0.29, 0.717) is 68.6 Å². The van der Waals surface area contributed by atoms with Crippen LogP contribution in [0.15, 0.2) is 89.3 Å². The number of benzene rings is 3. The van der Waals surface area contributed by atoms with Gasteiger partial charge in [-0.3, -0.25) is 29.2 Å². The van der Waals surface area contributed by atoms with Crippen molar-refractivity contribution in [3.8, 4) is 21.9 Å². The molecule has 4 heterocycles. The van der Waals surface area contributed by atoms with Crippen LogP contribution in [0.25, 0.3) is 21.5 Å². The molecule has 5 aromatic rings. The van der Waals surface area contributed by atoms with E-state index in [1.807, 2.05) is 130 Å². The standard InChI is InChI=1S/C54H71N9O12S2/c1-36-10-9-13-45(48(36)74-26-27-76-53-57-42-11-7-8-12-43(42)63(53)32-47(66)67)75-33-40-30-61(59-60(40)6)18-19-70-20-21-71-22-23-72-24-25-73-34-46(65)58-50(54(3,4)5)52(69)62-31-41(64)28-44(62)51(68)55-29-38-14-16-39(17-15-38)49-37(2)56-35-77-49/h7-17,30,35,41,44,50,59,64H,18-29,31-34H2,1-6H3,(H,55,68)(H,58,65)(H,66,67)/t41-,44+,50-/m1/s1. The summed E-state index contributed by atoms with van der Waals surface area (Å²) >= 11 is 3.01. The van der Waals surface area contributed by atoms with Crippen molar-refractivity contribution in [3.05, 3.63) is 101 Å². The van der Waals surface area contributed by atoms with Crippen LogP contribution >= 0.6 is 23.1 Å². The number of imidazole rings is 1. The molecule has 23 heteroatoms. The number of nitrogens with one attached hydrogen (secondary N) is 3. The highest BCUT2D eigenvalue weighted by atomic mass is 32.2. The number of hydrogen-bond acceptors (Lipinski definition) is 18. The first-order valence-corrected chi connectivity index (χ1v) is 27.4. The van der Waals surface area contributed by atoms with E-state index in [-0.39, 0.29) is 58.4 Å². The maximum Gasteiger partial charge on any atom is 0.323 e. The lowest BCUT2D eigenvalue weighted by molar-refractivity contribution is -0.144. The normalized spacial score (nSPS) is 16.0. The van der Waals surface area contributed by atoms with Crippen LogP contribution in [0.5, 0.6) is 11.5 Å². The van der Waals surface area contributed by atoms with Gasteiger partial charge in [-0.05, 0) is 54.2 Å². The highest BCUT2D eigenvalue weighted by Crippen LogP contribution is 2.33. The number of likely N-dealkylation sites (tertiary alicyclic amines) is 1. The Hall–Kier alpha value is -6.31. The summed E-state index contributed by atoms with van der Waals surface area (Å²) in [6.45, 7) is 12.7. The zero-order chi connectivity index (χ0) is 54.9. The highest BCUT2D eigenvalue weighted by Gasteiger charge is 2.44. The molecule has 0 bridgehead atoms. The lowest BCUT2D eigenvalue weighted by Crippen LogP contribution is -2.58. The van der Waals surface area contributed by atoms with Crippen LogP contribution in [0.2, 0.25) is 0 Å². The van der Waals surface area contributed by atoms with Gasteiger partial charge in [0.15, 0.2) is 16.7 Å². The number of carbonyl (C=O) groups is 4. The SMILES string of the molecule is Cc1cccc(OCC2=CN(CCOCCOCCOCCOCC(=O)N[C@H](C(=O)N3C[C@H](O)C[C@H]3C(=O)NCc3ccc(-c4scnc4C)cc3)C(C)(C)C)NN2C)c1OCCSc1nc2ccccc2n1CC(=O)O. The molecule has 5 N–H and O–H groups in total. The van der Waals surface area contributed by atoms with Gasteiger partial charge < -0.3 is 58.7 Å². The maximum atomic E-state index is 14.0. The zero-order valence-electron chi connectivity index (χ0n) is 44.5. The fourth-order valence-electron chi connectivity index (χ4n) is 8.58. The topological polar surface area (TPSA) is 241 Å². The van der Waals surface area contributed by atoms with Crippen molar-refractivity contribution in [3.63, 3.8) is 0 Å². The van der Waals surface area contributed by atoms with E-state index in [2.05, 4.69) is 26.1 Å². The molecule has 416 valence electrons. The minimum atomic E-state index is -0.973.